The summed E-state index contributed by atoms with van der Waals surface area (Å²) >= 11 is 3.49. The Morgan fingerprint density at radius 2 is 1.96 bits per heavy atom. The standard InChI is InChI=1S/C18H21N3S2/c19-8-10-21(9-6-15-4-2-1-3-5-15)13-17-12-20-18(23-17)16-7-11-22-14-16/h1-5,7,11-12,14H,6,8-10,13,19H2. The van der Waals surface area contributed by atoms with Crippen LogP contribution in [0.4, 0.5) is 0 Å². The lowest BCUT2D eigenvalue weighted by Gasteiger charge is -2.20. The van der Waals surface area contributed by atoms with Gasteiger partial charge < -0.3 is 5.73 Å². The lowest BCUT2D eigenvalue weighted by Crippen LogP contribution is -2.30. The van der Waals surface area contributed by atoms with Crippen LogP contribution in [-0.2, 0) is 13.0 Å². The minimum absolute atomic E-state index is 0.685. The summed E-state index contributed by atoms with van der Waals surface area (Å²) in [6.45, 7) is 3.54. The second-order valence-electron chi connectivity index (χ2n) is 5.44. The Kier molecular flexibility index (Phi) is 5.93. The second kappa shape index (κ2) is 8.36. The first-order chi connectivity index (χ1) is 11.3. The molecule has 3 rings (SSSR count). The van der Waals surface area contributed by atoms with E-state index in [-0.39, 0.29) is 0 Å². The zero-order valence-electron chi connectivity index (χ0n) is 13.0. The molecule has 0 aliphatic rings. The molecule has 0 unspecified atom stereocenters. The van der Waals surface area contributed by atoms with Gasteiger partial charge in [-0.2, -0.15) is 11.3 Å². The number of thiophene rings is 1. The highest BCUT2D eigenvalue weighted by atomic mass is 32.1. The van der Waals surface area contributed by atoms with E-state index in [0.717, 1.165) is 31.1 Å². The van der Waals surface area contributed by atoms with Crippen molar-refractivity contribution in [2.24, 2.45) is 5.73 Å². The lowest BCUT2D eigenvalue weighted by atomic mass is 10.1. The van der Waals surface area contributed by atoms with Crippen LogP contribution in [0.1, 0.15) is 10.4 Å². The Bertz CT molecular complexity index is 692. The van der Waals surface area contributed by atoms with Crippen molar-refractivity contribution in [1.29, 1.82) is 0 Å². The van der Waals surface area contributed by atoms with Crippen LogP contribution in [0.15, 0.2) is 53.4 Å². The van der Waals surface area contributed by atoms with Crippen molar-refractivity contribution in [3.63, 3.8) is 0 Å². The molecular formula is C18H21N3S2. The SMILES string of the molecule is NCCN(CCc1ccccc1)Cc1cnc(-c2ccsc2)s1. The molecule has 120 valence electrons. The van der Waals surface area contributed by atoms with E-state index < -0.39 is 0 Å². The summed E-state index contributed by atoms with van der Waals surface area (Å²) in [5, 5.41) is 5.35. The number of rotatable bonds is 8. The number of hydrogen-bond donors (Lipinski definition) is 1. The van der Waals surface area contributed by atoms with Crippen molar-refractivity contribution in [2.45, 2.75) is 13.0 Å². The summed E-state index contributed by atoms with van der Waals surface area (Å²) < 4.78 is 0. The van der Waals surface area contributed by atoms with Gasteiger partial charge >= 0.3 is 0 Å². The predicted octanol–water partition coefficient (Wildman–Crippen LogP) is 3.88. The molecule has 0 bridgehead atoms. The van der Waals surface area contributed by atoms with Crippen LogP contribution in [0.25, 0.3) is 10.6 Å². The maximum atomic E-state index is 5.78. The normalized spacial score (nSPS) is 11.2. The molecule has 2 aromatic heterocycles. The third kappa shape index (κ3) is 4.72. The zero-order chi connectivity index (χ0) is 15.9. The molecule has 0 aliphatic heterocycles. The number of nitrogens with zero attached hydrogens (tertiary/aromatic N) is 2. The van der Waals surface area contributed by atoms with Crippen LogP contribution in [0, 0.1) is 0 Å². The molecule has 3 nitrogen and oxygen atoms in total. The van der Waals surface area contributed by atoms with Crippen LogP contribution in [0.5, 0.6) is 0 Å². The quantitative estimate of drug-likeness (QED) is 0.675. The third-order valence-corrected chi connectivity index (χ3v) is 5.42. The first-order valence-corrected chi connectivity index (χ1v) is 9.54. The van der Waals surface area contributed by atoms with Gasteiger partial charge in [0.1, 0.15) is 5.01 Å². The highest BCUT2D eigenvalue weighted by Gasteiger charge is 2.10. The van der Waals surface area contributed by atoms with E-state index in [1.807, 2.05) is 6.20 Å². The Morgan fingerprint density at radius 3 is 2.70 bits per heavy atom. The van der Waals surface area contributed by atoms with Gasteiger partial charge in [0, 0.05) is 48.2 Å². The number of hydrogen-bond acceptors (Lipinski definition) is 5. The van der Waals surface area contributed by atoms with Crippen molar-refractivity contribution in [3.05, 3.63) is 63.8 Å². The molecule has 2 N–H and O–H groups in total. The van der Waals surface area contributed by atoms with E-state index in [0.29, 0.717) is 6.54 Å². The molecule has 23 heavy (non-hydrogen) atoms. The fourth-order valence-corrected chi connectivity index (χ4v) is 4.17. The maximum absolute atomic E-state index is 5.78. The number of aromatic nitrogens is 1. The monoisotopic (exact) mass is 343 g/mol. The van der Waals surface area contributed by atoms with E-state index in [1.165, 1.54) is 16.0 Å². The van der Waals surface area contributed by atoms with Crippen LogP contribution < -0.4 is 5.73 Å². The van der Waals surface area contributed by atoms with Gasteiger partial charge in [-0.1, -0.05) is 30.3 Å². The van der Waals surface area contributed by atoms with Crippen LogP contribution >= 0.6 is 22.7 Å². The Morgan fingerprint density at radius 1 is 1.09 bits per heavy atom. The highest BCUT2D eigenvalue weighted by Crippen LogP contribution is 2.27. The van der Waals surface area contributed by atoms with Crippen molar-refractivity contribution >= 4 is 22.7 Å². The average molecular weight is 344 g/mol. The van der Waals surface area contributed by atoms with Crippen molar-refractivity contribution < 1.29 is 0 Å². The molecule has 0 fully saturated rings. The molecule has 1 aromatic carbocycles. The maximum Gasteiger partial charge on any atom is 0.124 e. The van der Waals surface area contributed by atoms with Crippen LogP contribution in [-0.4, -0.2) is 29.5 Å². The van der Waals surface area contributed by atoms with Crippen molar-refractivity contribution in [3.8, 4) is 10.6 Å². The Hall–Kier alpha value is -1.53. The van der Waals surface area contributed by atoms with Crippen LogP contribution in [0.3, 0.4) is 0 Å². The third-order valence-electron chi connectivity index (χ3n) is 3.71. The summed E-state index contributed by atoms with van der Waals surface area (Å²) in [7, 11) is 0. The van der Waals surface area contributed by atoms with Crippen molar-refractivity contribution in [1.82, 2.24) is 9.88 Å². The van der Waals surface area contributed by atoms with E-state index in [2.05, 4.69) is 57.0 Å². The highest BCUT2D eigenvalue weighted by molar-refractivity contribution is 7.15. The summed E-state index contributed by atoms with van der Waals surface area (Å²) in [6.07, 6.45) is 3.06. The molecular weight excluding hydrogens is 322 g/mol. The average Bonchev–Trinajstić information content (AvgIpc) is 3.25. The Labute approximate surface area is 145 Å². The fourth-order valence-electron chi connectivity index (χ4n) is 2.50. The summed E-state index contributed by atoms with van der Waals surface area (Å²) in [4.78, 5) is 8.27. The molecule has 0 radical (unpaired) electrons. The van der Waals surface area contributed by atoms with Gasteiger partial charge in [-0.3, -0.25) is 4.90 Å². The molecule has 0 saturated carbocycles. The van der Waals surface area contributed by atoms with E-state index in [9.17, 15) is 0 Å². The number of nitrogens with two attached hydrogens (primary N) is 1. The molecule has 0 amide bonds. The number of thiazole rings is 1. The smallest absolute Gasteiger partial charge is 0.124 e. The largest absolute Gasteiger partial charge is 0.329 e. The summed E-state index contributed by atoms with van der Waals surface area (Å²) in [6, 6.07) is 12.7. The van der Waals surface area contributed by atoms with E-state index in [4.69, 9.17) is 5.73 Å². The molecule has 2 heterocycles. The minimum Gasteiger partial charge on any atom is -0.329 e. The molecule has 3 aromatic rings. The molecule has 0 aliphatic carbocycles. The molecule has 5 heteroatoms. The summed E-state index contributed by atoms with van der Waals surface area (Å²) in [5.74, 6) is 0. The van der Waals surface area contributed by atoms with Gasteiger partial charge in [0.15, 0.2) is 0 Å². The van der Waals surface area contributed by atoms with Crippen LogP contribution in [0.2, 0.25) is 0 Å². The predicted molar refractivity (Wildman–Crippen MR) is 99.9 cm³/mol. The van der Waals surface area contributed by atoms with E-state index >= 15 is 0 Å². The lowest BCUT2D eigenvalue weighted by molar-refractivity contribution is 0.278. The van der Waals surface area contributed by atoms with Gasteiger partial charge in [-0.15, -0.1) is 11.3 Å². The van der Waals surface area contributed by atoms with Gasteiger partial charge in [0.25, 0.3) is 0 Å². The zero-order valence-corrected chi connectivity index (χ0v) is 14.7. The topological polar surface area (TPSA) is 42.1 Å². The van der Waals surface area contributed by atoms with Gasteiger partial charge in [0.05, 0.1) is 0 Å². The second-order valence-corrected chi connectivity index (χ2v) is 7.34. The molecule has 0 spiro atoms. The van der Waals surface area contributed by atoms with Gasteiger partial charge in [0.2, 0.25) is 0 Å². The first-order valence-electron chi connectivity index (χ1n) is 7.79. The minimum atomic E-state index is 0.685. The molecule has 0 saturated heterocycles. The van der Waals surface area contributed by atoms with Gasteiger partial charge in [-0.05, 0) is 23.4 Å². The molecule has 0 atom stereocenters. The van der Waals surface area contributed by atoms with Crippen molar-refractivity contribution in [2.75, 3.05) is 19.6 Å². The van der Waals surface area contributed by atoms with E-state index in [1.54, 1.807) is 22.7 Å². The number of benzene rings is 1. The van der Waals surface area contributed by atoms with Gasteiger partial charge in [-0.25, -0.2) is 4.98 Å². The fraction of sp³-hybridized carbons (Fsp3) is 0.278. The Balaban J connectivity index is 1.60. The summed E-state index contributed by atoms with van der Waals surface area (Å²) in [5.41, 5.74) is 8.38. The first kappa shape index (κ1) is 16.3.